The van der Waals surface area contributed by atoms with E-state index in [1.54, 1.807) is 30.7 Å². The van der Waals surface area contributed by atoms with E-state index in [1.165, 1.54) is 0 Å². The lowest BCUT2D eigenvalue weighted by Crippen LogP contribution is -2.21. The summed E-state index contributed by atoms with van der Waals surface area (Å²) in [6.45, 7) is 9.79. The number of hydrogen-bond donors (Lipinski definition) is 1. The molecule has 0 spiro atoms. The van der Waals surface area contributed by atoms with Crippen LogP contribution in [0.5, 0.6) is 0 Å². The molecule has 0 fully saturated rings. The first-order chi connectivity index (χ1) is 14.8. The second-order valence-electron chi connectivity index (χ2n) is 7.30. The van der Waals surface area contributed by atoms with Crippen LogP contribution >= 0.6 is 0 Å². The second kappa shape index (κ2) is 9.42. The molecule has 3 rings (SSSR count). The standard InChI is InChI=1S/C23H27N5O3/c1-5-26(6-2)21-13-11-20(12-14-21)24-23(29)19-9-7-18(8-10-19)15-27-17(4)22(28(30)31)16(3)25-27/h7-14H,5-6,15H2,1-4H3,(H,24,29). The number of nitrogens with one attached hydrogen (secondary N) is 1. The molecule has 0 unspecified atom stereocenters. The van der Waals surface area contributed by atoms with E-state index in [9.17, 15) is 14.9 Å². The van der Waals surface area contributed by atoms with Crippen molar-refractivity contribution in [3.8, 4) is 0 Å². The third-order valence-corrected chi connectivity index (χ3v) is 5.33. The van der Waals surface area contributed by atoms with Crippen LogP contribution in [-0.4, -0.2) is 33.7 Å². The lowest BCUT2D eigenvalue weighted by Gasteiger charge is -2.21. The maximum absolute atomic E-state index is 12.6. The summed E-state index contributed by atoms with van der Waals surface area (Å²) in [6, 6.07) is 15.0. The van der Waals surface area contributed by atoms with Crippen molar-refractivity contribution in [1.82, 2.24) is 9.78 Å². The van der Waals surface area contributed by atoms with Gasteiger partial charge in [-0.1, -0.05) is 12.1 Å². The van der Waals surface area contributed by atoms with Gasteiger partial charge in [0.25, 0.3) is 5.91 Å². The minimum absolute atomic E-state index is 0.0445. The van der Waals surface area contributed by atoms with Gasteiger partial charge in [0.2, 0.25) is 0 Å². The van der Waals surface area contributed by atoms with E-state index in [4.69, 9.17) is 0 Å². The Hall–Kier alpha value is -3.68. The van der Waals surface area contributed by atoms with Crippen LogP contribution in [-0.2, 0) is 6.54 Å². The molecule has 8 heteroatoms. The molecule has 0 radical (unpaired) electrons. The number of amides is 1. The molecular weight excluding hydrogens is 394 g/mol. The molecule has 0 saturated carbocycles. The van der Waals surface area contributed by atoms with Crippen molar-refractivity contribution in [1.29, 1.82) is 0 Å². The highest BCUT2D eigenvalue weighted by Crippen LogP contribution is 2.23. The van der Waals surface area contributed by atoms with E-state index in [2.05, 4.69) is 29.2 Å². The Labute approximate surface area is 181 Å². The van der Waals surface area contributed by atoms with Crippen molar-refractivity contribution >= 4 is 23.0 Å². The predicted octanol–water partition coefficient (Wildman–Crippen LogP) is 4.55. The number of benzene rings is 2. The van der Waals surface area contributed by atoms with Gasteiger partial charge in [-0.15, -0.1) is 0 Å². The summed E-state index contributed by atoms with van der Waals surface area (Å²) in [5.41, 5.74) is 4.25. The average Bonchev–Trinajstić information content (AvgIpc) is 3.03. The van der Waals surface area contributed by atoms with E-state index in [1.807, 2.05) is 36.4 Å². The van der Waals surface area contributed by atoms with Crippen LogP contribution < -0.4 is 10.2 Å². The second-order valence-corrected chi connectivity index (χ2v) is 7.30. The van der Waals surface area contributed by atoms with Gasteiger partial charge in [0.15, 0.2) is 0 Å². The number of nitrogens with zero attached hydrogens (tertiary/aromatic N) is 4. The van der Waals surface area contributed by atoms with E-state index in [0.717, 1.165) is 30.0 Å². The lowest BCUT2D eigenvalue weighted by atomic mass is 10.1. The first-order valence-electron chi connectivity index (χ1n) is 10.3. The highest BCUT2D eigenvalue weighted by Gasteiger charge is 2.21. The van der Waals surface area contributed by atoms with E-state index in [0.29, 0.717) is 23.5 Å². The van der Waals surface area contributed by atoms with Gasteiger partial charge in [-0.3, -0.25) is 19.6 Å². The quantitative estimate of drug-likeness (QED) is 0.425. The van der Waals surface area contributed by atoms with Crippen LogP contribution in [0.15, 0.2) is 48.5 Å². The topological polar surface area (TPSA) is 93.3 Å². The molecule has 0 aliphatic carbocycles. The number of hydrogen-bond acceptors (Lipinski definition) is 5. The fourth-order valence-corrected chi connectivity index (χ4v) is 3.59. The van der Waals surface area contributed by atoms with Crippen LogP contribution in [0.1, 0.15) is 41.2 Å². The summed E-state index contributed by atoms with van der Waals surface area (Å²) < 4.78 is 1.61. The summed E-state index contributed by atoms with van der Waals surface area (Å²) in [7, 11) is 0. The number of aromatic nitrogens is 2. The molecule has 0 aliphatic heterocycles. The van der Waals surface area contributed by atoms with Gasteiger partial charge in [-0.25, -0.2) is 0 Å². The number of anilines is 2. The largest absolute Gasteiger partial charge is 0.372 e. The van der Waals surface area contributed by atoms with E-state index >= 15 is 0 Å². The number of carbonyl (C=O) groups excluding carboxylic acids is 1. The summed E-state index contributed by atoms with van der Waals surface area (Å²) in [6.07, 6.45) is 0. The average molecular weight is 422 g/mol. The van der Waals surface area contributed by atoms with Gasteiger partial charge in [-0.2, -0.15) is 5.10 Å². The Kier molecular flexibility index (Phi) is 6.69. The molecule has 8 nitrogen and oxygen atoms in total. The Morgan fingerprint density at radius 1 is 1.06 bits per heavy atom. The molecule has 1 aromatic heterocycles. The van der Waals surface area contributed by atoms with E-state index < -0.39 is 4.92 Å². The smallest absolute Gasteiger partial charge is 0.312 e. The molecule has 0 aliphatic rings. The maximum atomic E-state index is 12.6. The van der Waals surface area contributed by atoms with Crippen LogP contribution in [0.4, 0.5) is 17.1 Å². The summed E-state index contributed by atoms with van der Waals surface area (Å²) >= 11 is 0. The number of rotatable bonds is 8. The highest BCUT2D eigenvalue weighted by atomic mass is 16.6. The SMILES string of the molecule is CCN(CC)c1ccc(NC(=O)c2ccc(Cn3nc(C)c([N+](=O)[O-])c3C)cc2)cc1. The van der Waals surface area contributed by atoms with Gasteiger partial charge in [0.05, 0.1) is 11.5 Å². The highest BCUT2D eigenvalue weighted by molar-refractivity contribution is 6.04. The van der Waals surface area contributed by atoms with Crippen molar-refractivity contribution in [2.24, 2.45) is 0 Å². The number of aryl methyl sites for hydroxylation is 1. The maximum Gasteiger partial charge on any atom is 0.312 e. The fourth-order valence-electron chi connectivity index (χ4n) is 3.59. The Morgan fingerprint density at radius 2 is 1.68 bits per heavy atom. The van der Waals surface area contributed by atoms with Crippen molar-refractivity contribution in [3.05, 3.63) is 81.2 Å². The van der Waals surface area contributed by atoms with Crippen LogP contribution in [0.25, 0.3) is 0 Å². The lowest BCUT2D eigenvalue weighted by molar-refractivity contribution is -0.386. The van der Waals surface area contributed by atoms with Crippen molar-refractivity contribution in [3.63, 3.8) is 0 Å². The zero-order chi connectivity index (χ0) is 22.5. The molecule has 31 heavy (non-hydrogen) atoms. The molecule has 0 atom stereocenters. The molecule has 1 N–H and O–H groups in total. The Bertz CT molecular complexity index is 1070. The van der Waals surface area contributed by atoms with Crippen molar-refractivity contribution in [2.75, 3.05) is 23.3 Å². The molecule has 162 valence electrons. The third kappa shape index (κ3) is 4.91. The van der Waals surface area contributed by atoms with Gasteiger partial charge < -0.3 is 10.2 Å². The summed E-state index contributed by atoms with van der Waals surface area (Å²) in [4.78, 5) is 25.6. The third-order valence-electron chi connectivity index (χ3n) is 5.33. The Morgan fingerprint density at radius 3 is 2.19 bits per heavy atom. The predicted molar refractivity (Wildman–Crippen MR) is 122 cm³/mol. The molecule has 0 bridgehead atoms. The summed E-state index contributed by atoms with van der Waals surface area (Å²) in [5.74, 6) is -0.191. The normalized spacial score (nSPS) is 10.7. The van der Waals surface area contributed by atoms with Crippen LogP contribution in [0.2, 0.25) is 0 Å². The van der Waals surface area contributed by atoms with Crippen molar-refractivity contribution in [2.45, 2.75) is 34.2 Å². The molecular formula is C23H27N5O3. The zero-order valence-electron chi connectivity index (χ0n) is 18.3. The minimum atomic E-state index is -0.407. The number of nitro groups is 1. The summed E-state index contributed by atoms with van der Waals surface area (Å²) in [5, 5.41) is 18.3. The first-order valence-corrected chi connectivity index (χ1v) is 10.3. The minimum Gasteiger partial charge on any atom is -0.372 e. The van der Waals surface area contributed by atoms with E-state index in [-0.39, 0.29) is 11.6 Å². The van der Waals surface area contributed by atoms with Crippen molar-refractivity contribution < 1.29 is 9.72 Å². The zero-order valence-corrected chi connectivity index (χ0v) is 18.3. The molecule has 1 heterocycles. The van der Waals surface area contributed by atoms with Gasteiger partial charge in [-0.05, 0) is 69.7 Å². The molecule has 0 saturated heterocycles. The number of carbonyl (C=O) groups is 1. The van der Waals surface area contributed by atoms with Gasteiger partial charge >= 0.3 is 5.69 Å². The first kappa shape index (κ1) is 22.0. The van der Waals surface area contributed by atoms with Gasteiger partial charge in [0, 0.05) is 30.0 Å². The molecule has 3 aromatic rings. The van der Waals surface area contributed by atoms with Crippen LogP contribution in [0.3, 0.4) is 0 Å². The Balaban J connectivity index is 1.67. The fraction of sp³-hybridized carbons (Fsp3) is 0.304. The van der Waals surface area contributed by atoms with Gasteiger partial charge in [0.1, 0.15) is 11.4 Å². The monoisotopic (exact) mass is 421 g/mol. The molecule has 2 aromatic carbocycles. The molecule has 1 amide bonds. The van der Waals surface area contributed by atoms with Crippen LogP contribution in [0, 0.1) is 24.0 Å².